The Morgan fingerprint density at radius 1 is 1.40 bits per heavy atom. The van der Waals surface area contributed by atoms with Crippen molar-refractivity contribution >= 4 is 23.2 Å². The van der Waals surface area contributed by atoms with Gasteiger partial charge in [-0.25, -0.2) is 0 Å². The van der Waals surface area contributed by atoms with Gasteiger partial charge in [0, 0.05) is 5.29 Å². The Kier molecular flexibility index (Phi) is 2.37. The van der Waals surface area contributed by atoms with Crippen LogP contribution in [0.2, 0.25) is 0 Å². The first-order valence-electron chi connectivity index (χ1n) is 2.84. The number of allylic oxidation sites excluding steroid dienone is 4. The summed E-state index contributed by atoms with van der Waals surface area (Å²) in [6.45, 7) is -3.24. The molecule has 0 bridgehead atoms. The molecular weight excluding hydrogens is 170 g/mol. The highest BCUT2D eigenvalue weighted by Gasteiger charge is 2.10. The van der Waals surface area contributed by atoms with Gasteiger partial charge < -0.3 is 9.79 Å². The number of rotatable bonds is 0. The molecule has 4 heteroatoms. The second-order valence-corrected chi connectivity index (χ2v) is 5.05. The van der Waals surface area contributed by atoms with Gasteiger partial charge in [0.15, 0.2) is 0 Å². The second kappa shape index (κ2) is 2.93. The van der Waals surface area contributed by atoms with Crippen molar-refractivity contribution in [2.24, 2.45) is 0 Å². The van der Waals surface area contributed by atoms with Crippen molar-refractivity contribution in [2.75, 3.05) is 0 Å². The third-order valence-electron chi connectivity index (χ3n) is 1.23. The van der Waals surface area contributed by atoms with Crippen LogP contribution < -0.4 is 0 Å². The summed E-state index contributed by atoms with van der Waals surface area (Å²) >= 11 is 5.31. The van der Waals surface area contributed by atoms with Crippen molar-refractivity contribution in [2.45, 2.75) is 6.42 Å². The van der Waals surface area contributed by atoms with E-state index >= 15 is 0 Å². The van der Waals surface area contributed by atoms with Gasteiger partial charge in [-0.05, 0) is 17.7 Å². The fraction of sp³-hybridized carbons (Fsp3) is 0.167. The van der Waals surface area contributed by atoms with Crippen LogP contribution in [-0.4, -0.2) is 15.1 Å². The van der Waals surface area contributed by atoms with Crippen molar-refractivity contribution in [3.8, 4) is 0 Å². The topological polar surface area (TPSA) is 40.5 Å². The summed E-state index contributed by atoms with van der Waals surface area (Å²) < 4.78 is 0. The molecule has 0 unspecified atom stereocenters. The van der Waals surface area contributed by atoms with Crippen LogP contribution in [0.1, 0.15) is 6.42 Å². The van der Waals surface area contributed by atoms with Crippen LogP contribution in [0.15, 0.2) is 24.3 Å². The molecule has 0 spiro atoms. The molecule has 0 aromatic heterocycles. The van der Waals surface area contributed by atoms with Gasteiger partial charge in [0.25, 0.3) is 0 Å². The lowest BCUT2D eigenvalue weighted by atomic mass is 10.2. The van der Waals surface area contributed by atoms with E-state index in [-0.39, 0.29) is 0 Å². The second-order valence-electron chi connectivity index (χ2n) is 2.01. The van der Waals surface area contributed by atoms with Crippen molar-refractivity contribution in [1.82, 2.24) is 0 Å². The minimum atomic E-state index is -3.24. The molecule has 0 radical (unpaired) electrons. The summed E-state index contributed by atoms with van der Waals surface area (Å²) in [5.74, 6) is 0. The molecule has 0 fully saturated rings. The van der Waals surface area contributed by atoms with E-state index < -0.39 is 6.69 Å². The standard InChI is InChI=1S/C6H8ClO2P/c7-10(8,9)6-4-2-1-3-5-6/h1-4,8-9H,5H2. The molecular formula is C6H8ClO2P. The Bertz CT molecular complexity index is 228. The van der Waals surface area contributed by atoms with Gasteiger partial charge in [-0.3, -0.25) is 0 Å². The minimum Gasteiger partial charge on any atom is -0.342 e. The first-order chi connectivity index (χ1) is 4.61. The highest BCUT2D eigenvalue weighted by Crippen LogP contribution is 2.46. The first-order valence-corrected chi connectivity index (χ1v) is 5.44. The van der Waals surface area contributed by atoms with Crippen molar-refractivity contribution in [3.05, 3.63) is 24.3 Å². The molecule has 0 aliphatic heterocycles. The van der Waals surface area contributed by atoms with Crippen LogP contribution in [0.3, 0.4) is 0 Å². The Balaban J connectivity index is 2.96. The smallest absolute Gasteiger partial charge is 0.213 e. The quantitative estimate of drug-likeness (QED) is 0.554. The van der Waals surface area contributed by atoms with Crippen LogP contribution in [0, 0.1) is 0 Å². The maximum absolute atomic E-state index is 8.95. The largest absolute Gasteiger partial charge is 0.342 e. The van der Waals surface area contributed by atoms with Gasteiger partial charge in [0.2, 0.25) is 6.69 Å². The minimum absolute atomic E-state index is 0.511. The molecule has 0 amide bonds. The van der Waals surface area contributed by atoms with Crippen molar-refractivity contribution < 1.29 is 9.79 Å². The van der Waals surface area contributed by atoms with E-state index in [2.05, 4.69) is 0 Å². The van der Waals surface area contributed by atoms with E-state index in [0.29, 0.717) is 11.7 Å². The monoisotopic (exact) mass is 178 g/mol. The molecule has 1 aliphatic carbocycles. The molecule has 0 atom stereocenters. The lowest BCUT2D eigenvalue weighted by Crippen LogP contribution is -1.95. The highest BCUT2D eigenvalue weighted by atomic mass is 35.7. The predicted octanol–water partition coefficient (Wildman–Crippen LogP) is 1.66. The molecule has 2 N–H and O–H groups in total. The molecule has 10 heavy (non-hydrogen) atoms. The van der Waals surface area contributed by atoms with Crippen LogP contribution in [0.4, 0.5) is 0 Å². The molecule has 1 aliphatic rings. The van der Waals surface area contributed by atoms with E-state index in [4.69, 9.17) is 21.0 Å². The molecule has 2 nitrogen and oxygen atoms in total. The summed E-state index contributed by atoms with van der Waals surface area (Å²) in [5.41, 5.74) is 0. The van der Waals surface area contributed by atoms with Gasteiger partial charge in [-0.1, -0.05) is 24.3 Å². The number of hydrogen-bond acceptors (Lipinski definition) is 2. The van der Waals surface area contributed by atoms with Crippen LogP contribution in [0.5, 0.6) is 0 Å². The van der Waals surface area contributed by atoms with E-state index in [1.165, 1.54) is 0 Å². The van der Waals surface area contributed by atoms with E-state index in [1.54, 1.807) is 12.2 Å². The fourth-order valence-electron chi connectivity index (χ4n) is 0.713. The van der Waals surface area contributed by atoms with Gasteiger partial charge >= 0.3 is 0 Å². The molecule has 0 heterocycles. The summed E-state index contributed by atoms with van der Waals surface area (Å²) in [6, 6.07) is 0. The molecule has 56 valence electrons. The third kappa shape index (κ3) is 1.99. The van der Waals surface area contributed by atoms with E-state index in [0.717, 1.165) is 0 Å². The van der Waals surface area contributed by atoms with Gasteiger partial charge in [0.1, 0.15) is 0 Å². The van der Waals surface area contributed by atoms with Crippen LogP contribution in [0.25, 0.3) is 0 Å². The molecule has 0 saturated carbocycles. The Labute approximate surface area is 64.4 Å². The molecule has 0 aromatic carbocycles. The number of halogens is 1. The predicted molar refractivity (Wildman–Crippen MR) is 45.1 cm³/mol. The van der Waals surface area contributed by atoms with Gasteiger partial charge in [0.05, 0.1) is 0 Å². The summed E-state index contributed by atoms with van der Waals surface area (Å²) in [4.78, 5) is 17.9. The van der Waals surface area contributed by atoms with Crippen molar-refractivity contribution in [3.63, 3.8) is 0 Å². The Morgan fingerprint density at radius 2 is 2.10 bits per heavy atom. The normalized spacial score (nSPS) is 18.1. The summed E-state index contributed by atoms with van der Waals surface area (Å²) in [5, 5.41) is 0.511. The Morgan fingerprint density at radius 3 is 2.40 bits per heavy atom. The van der Waals surface area contributed by atoms with Gasteiger partial charge in [-0.2, -0.15) is 0 Å². The van der Waals surface area contributed by atoms with Crippen LogP contribution in [-0.2, 0) is 0 Å². The summed E-state index contributed by atoms with van der Waals surface area (Å²) in [7, 11) is 0. The summed E-state index contributed by atoms with van der Waals surface area (Å²) in [6.07, 6.45) is 7.60. The molecule has 0 saturated heterocycles. The zero-order valence-corrected chi connectivity index (χ0v) is 6.89. The van der Waals surface area contributed by atoms with Crippen molar-refractivity contribution in [1.29, 1.82) is 0 Å². The maximum Gasteiger partial charge on any atom is 0.213 e. The average Bonchev–Trinajstić information content (AvgIpc) is 1.88. The van der Waals surface area contributed by atoms with E-state index in [1.807, 2.05) is 12.2 Å². The first kappa shape index (κ1) is 8.09. The fourth-order valence-corrected chi connectivity index (χ4v) is 1.70. The molecule has 0 aromatic rings. The highest BCUT2D eigenvalue weighted by molar-refractivity contribution is 7.90. The lowest BCUT2D eigenvalue weighted by Gasteiger charge is -2.08. The maximum atomic E-state index is 8.95. The number of hydrogen-bond donors (Lipinski definition) is 2. The molecule has 1 rings (SSSR count). The lowest BCUT2D eigenvalue weighted by molar-refractivity contribution is 0.497. The SMILES string of the molecule is OP(O)(Cl)=C1C=CC=CC1. The van der Waals surface area contributed by atoms with Crippen LogP contribution >= 0.6 is 17.9 Å². The third-order valence-corrected chi connectivity index (χ3v) is 2.94. The zero-order valence-electron chi connectivity index (χ0n) is 5.24. The Hall–Kier alpha value is -0.0100. The average molecular weight is 179 g/mol. The van der Waals surface area contributed by atoms with E-state index in [9.17, 15) is 0 Å². The van der Waals surface area contributed by atoms with Gasteiger partial charge in [-0.15, -0.1) is 0 Å². The zero-order chi connectivity index (χ0) is 7.61.